The van der Waals surface area contributed by atoms with Crippen molar-refractivity contribution in [3.05, 3.63) is 59.7 Å². The Morgan fingerprint density at radius 3 is 2.53 bits per heavy atom. The summed E-state index contributed by atoms with van der Waals surface area (Å²) >= 11 is 0. The summed E-state index contributed by atoms with van der Waals surface area (Å²) in [5.74, 6) is -1.99. The first kappa shape index (κ1) is 24.8. The number of amides is 3. The zero-order valence-corrected chi connectivity index (χ0v) is 17.8. The number of rotatable bonds is 7. The predicted octanol–water partition coefficient (Wildman–Crippen LogP) is 0.152. The van der Waals surface area contributed by atoms with Gasteiger partial charge in [0.25, 0.3) is 11.8 Å². The number of carbonyl (C=O) groups excluding carboxylic acids is 3. The maximum absolute atomic E-state index is 12.9. The minimum absolute atomic E-state index is 0. The lowest BCUT2D eigenvalue weighted by atomic mass is 10.1. The molecule has 2 atom stereocenters. The molecule has 0 unspecified atom stereocenters. The van der Waals surface area contributed by atoms with Crippen molar-refractivity contribution in [2.24, 2.45) is 11.5 Å². The fourth-order valence-corrected chi connectivity index (χ4v) is 3.21. The van der Waals surface area contributed by atoms with Gasteiger partial charge in [-0.1, -0.05) is 12.1 Å². The molecule has 0 radical (unpaired) electrons. The summed E-state index contributed by atoms with van der Waals surface area (Å²) in [6.07, 6.45) is -3.09. The number of carbonyl (C=O) groups is 3. The third-order valence-corrected chi connectivity index (χ3v) is 4.74. The van der Waals surface area contributed by atoms with Crippen LogP contribution >= 0.6 is 12.4 Å². The fourth-order valence-electron chi connectivity index (χ4n) is 3.21. The molecule has 32 heavy (non-hydrogen) atoms. The van der Waals surface area contributed by atoms with Crippen molar-refractivity contribution in [1.82, 2.24) is 0 Å². The van der Waals surface area contributed by atoms with Crippen LogP contribution in [0, 0.1) is 5.41 Å². The van der Waals surface area contributed by atoms with Gasteiger partial charge in [0, 0.05) is 23.5 Å². The van der Waals surface area contributed by atoms with E-state index in [0.717, 1.165) is 0 Å². The first-order chi connectivity index (χ1) is 14.8. The first-order valence-electron chi connectivity index (χ1n) is 9.50. The number of hydrogen-bond donors (Lipinski definition) is 5. The van der Waals surface area contributed by atoms with Gasteiger partial charge in [0.05, 0.1) is 13.0 Å². The van der Waals surface area contributed by atoms with E-state index in [1.807, 2.05) is 0 Å². The zero-order valence-electron chi connectivity index (χ0n) is 17.0. The topological polar surface area (TPSA) is 172 Å². The van der Waals surface area contributed by atoms with Crippen LogP contribution in [0.4, 0.5) is 11.4 Å². The summed E-state index contributed by atoms with van der Waals surface area (Å²) in [4.78, 5) is 37.9. The minimum atomic E-state index is -1.74. The molecule has 0 saturated carbocycles. The summed E-state index contributed by atoms with van der Waals surface area (Å²) in [6, 6.07) is 12.9. The molecule has 7 N–H and O–H groups in total. The summed E-state index contributed by atoms with van der Waals surface area (Å²) in [7, 11) is 0. The van der Waals surface area contributed by atoms with Crippen molar-refractivity contribution in [2.45, 2.75) is 18.6 Å². The number of halogens is 1. The number of nitrogens with two attached hydrogens (primary N) is 2. The Kier molecular flexibility index (Phi) is 8.30. The molecule has 11 heteroatoms. The van der Waals surface area contributed by atoms with E-state index in [-0.39, 0.29) is 37.8 Å². The number of amidine groups is 1. The second-order valence-electron chi connectivity index (χ2n) is 7.02. The van der Waals surface area contributed by atoms with Crippen LogP contribution in [0.5, 0.6) is 0 Å². The molecule has 10 nitrogen and oxygen atoms in total. The van der Waals surface area contributed by atoms with Gasteiger partial charge >= 0.3 is 0 Å². The molecular weight excluding hydrogens is 438 g/mol. The standard InChI is InChI=1S/C21H23N5O5.ClH/c22-16(27)11-12-2-1-3-15(10-12)26-8-9-31-18(21(26)30)17(28)20(29)25-14-6-4-13(5-7-14)19(23)24;/h1-7,10,17-18,28H,8-9,11H2,(H2,22,27)(H3,23,24)(H,25,29);1H/t17-,18-;/m1./s1. The molecule has 1 aliphatic rings. The molecule has 1 aliphatic heterocycles. The lowest BCUT2D eigenvalue weighted by Gasteiger charge is -2.34. The average molecular weight is 462 g/mol. The highest BCUT2D eigenvalue weighted by molar-refractivity contribution is 6.04. The Hall–Kier alpha value is -3.47. The van der Waals surface area contributed by atoms with Crippen LogP contribution in [0.2, 0.25) is 0 Å². The van der Waals surface area contributed by atoms with Crippen LogP contribution in [-0.2, 0) is 25.5 Å². The van der Waals surface area contributed by atoms with Gasteiger partial charge < -0.3 is 31.5 Å². The van der Waals surface area contributed by atoms with E-state index in [2.05, 4.69) is 5.32 Å². The molecule has 0 aromatic heterocycles. The van der Waals surface area contributed by atoms with Gasteiger partial charge in [0.2, 0.25) is 5.91 Å². The summed E-state index contributed by atoms with van der Waals surface area (Å²) in [6.45, 7) is 0.351. The van der Waals surface area contributed by atoms with Crippen molar-refractivity contribution in [3.63, 3.8) is 0 Å². The first-order valence-corrected chi connectivity index (χ1v) is 9.50. The third-order valence-electron chi connectivity index (χ3n) is 4.74. The lowest BCUT2D eigenvalue weighted by Crippen LogP contribution is -2.55. The van der Waals surface area contributed by atoms with Crippen LogP contribution in [0.1, 0.15) is 11.1 Å². The Labute approximate surface area is 190 Å². The highest BCUT2D eigenvalue weighted by Crippen LogP contribution is 2.22. The maximum Gasteiger partial charge on any atom is 0.259 e. The number of hydrogen-bond acceptors (Lipinski definition) is 6. The molecule has 2 aromatic carbocycles. The van der Waals surface area contributed by atoms with Gasteiger partial charge in [-0.25, -0.2) is 0 Å². The van der Waals surface area contributed by atoms with E-state index in [4.69, 9.17) is 21.6 Å². The van der Waals surface area contributed by atoms with Gasteiger partial charge in [0.15, 0.2) is 12.2 Å². The van der Waals surface area contributed by atoms with Crippen LogP contribution in [0.15, 0.2) is 48.5 Å². The Balaban J connectivity index is 0.00000363. The van der Waals surface area contributed by atoms with Crippen LogP contribution in [0.25, 0.3) is 0 Å². The lowest BCUT2D eigenvalue weighted by molar-refractivity contribution is -0.150. The summed E-state index contributed by atoms with van der Waals surface area (Å²) in [5, 5.41) is 20.3. The van der Waals surface area contributed by atoms with Gasteiger partial charge in [-0.2, -0.15) is 0 Å². The highest BCUT2D eigenvalue weighted by Gasteiger charge is 2.39. The molecule has 3 amide bonds. The van der Waals surface area contributed by atoms with E-state index in [1.54, 1.807) is 36.4 Å². The molecule has 1 heterocycles. The molecule has 170 valence electrons. The van der Waals surface area contributed by atoms with E-state index in [1.165, 1.54) is 17.0 Å². The second-order valence-corrected chi connectivity index (χ2v) is 7.02. The molecule has 1 fully saturated rings. The number of anilines is 2. The van der Waals surface area contributed by atoms with Gasteiger partial charge in [-0.05, 0) is 42.0 Å². The van der Waals surface area contributed by atoms with Gasteiger partial charge in [-0.3, -0.25) is 19.8 Å². The van der Waals surface area contributed by atoms with Crippen molar-refractivity contribution < 1.29 is 24.2 Å². The quantitative estimate of drug-likeness (QED) is 0.290. The van der Waals surface area contributed by atoms with Crippen LogP contribution < -0.4 is 21.7 Å². The van der Waals surface area contributed by atoms with Crippen molar-refractivity contribution in [3.8, 4) is 0 Å². The number of ether oxygens (including phenoxy) is 1. The molecule has 3 rings (SSSR count). The van der Waals surface area contributed by atoms with Gasteiger partial charge in [-0.15, -0.1) is 12.4 Å². The minimum Gasteiger partial charge on any atom is -0.384 e. The van der Waals surface area contributed by atoms with E-state index in [0.29, 0.717) is 22.5 Å². The molecular formula is C21H24ClN5O5. The van der Waals surface area contributed by atoms with E-state index < -0.39 is 29.9 Å². The van der Waals surface area contributed by atoms with Crippen molar-refractivity contribution in [1.29, 1.82) is 5.41 Å². The number of nitrogens with zero attached hydrogens (tertiary/aromatic N) is 1. The molecule has 2 aromatic rings. The normalized spacial score (nSPS) is 16.6. The zero-order chi connectivity index (χ0) is 22.5. The predicted molar refractivity (Wildman–Crippen MR) is 121 cm³/mol. The van der Waals surface area contributed by atoms with Crippen molar-refractivity contribution >= 4 is 47.3 Å². The molecule has 0 bridgehead atoms. The number of primary amides is 1. The Morgan fingerprint density at radius 2 is 1.91 bits per heavy atom. The Morgan fingerprint density at radius 1 is 1.22 bits per heavy atom. The van der Waals surface area contributed by atoms with E-state index in [9.17, 15) is 19.5 Å². The monoisotopic (exact) mass is 461 g/mol. The highest BCUT2D eigenvalue weighted by atomic mass is 35.5. The molecule has 0 spiro atoms. The van der Waals surface area contributed by atoms with E-state index >= 15 is 0 Å². The number of nitrogens with one attached hydrogen (secondary N) is 2. The smallest absolute Gasteiger partial charge is 0.259 e. The van der Waals surface area contributed by atoms with Gasteiger partial charge in [0.1, 0.15) is 5.84 Å². The second kappa shape index (κ2) is 10.7. The number of morpholine rings is 1. The van der Waals surface area contributed by atoms with Crippen molar-refractivity contribution in [2.75, 3.05) is 23.4 Å². The number of nitrogen functional groups attached to an aromatic ring is 1. The third kappa shape index (κ3) is 5.82. The molecule has 1 saturated heterocycles. The summed E-state index contributed by atoms with van der Waals surface area (Å²) in [5.41, 5.74) is 12.6. The Bertz CT molecular complexity index is 1010. The number of aliphatic hydroxyl groups excluding tert-OH is 1. The SMILES string of the molecule is Cl.N=C(N)c1ccc(NC(=O)[C@H](O)[C@H]2OCCN(c3cccc(CC(N)=O)c3)C2=O)cc1. The largest absolute Gasteiger partial charge is 0.384 e. The number of aliphatic hydroxyl groups is 1. The number of benzene rings is 2. The fraction of sp³-hybridized carbons (Fsp3) is 0.238. The van der Waals surface area contributed by atoms with Crippen LogP contribution in [-0.4, -0.2) is 54.0 Å². The maximum atomic E-state index is 12.9. The van der Waals surface area contributed by atoms with Crippen LogP contribution in [0.3, 0.4) is 0 Å². The molecule has 0 aliphatic carbocycles. The average Bonchev–Trinajstić information content (AvgIpc) is 2.73. The summed E-state index contributed by atoms with van der Waals surface area (Å²) < 4.78 is 5.39.